The van der Waals surface area contributed by atoms with Gasteiger partial charge in [0.15, 0.2) is 0 Å². The molecule has 4 heteroatoms. The van der Waals surface area contributed by atoms with Gasteiger partial charge in [0.2, 0.25) is 0 Å². The highest BCUT2D eigenvalue weighted by atomic mass is 16.5. The molecule has 0 amide bonds. The van der Waals surface area contributed by atoms with Crippen molar-refractivity contribution in [3.05, 3.63) is 0 Å². The summed E-state index contributed by atoms with van der Waals surface area (Å²) in [5, 5.41) is 0. The van der Waals surface area contributed by atoms with Crippen LogP contribution in [0.25, 0.3) is 0 Å². The first-order valence-corrected chi connectivity index (χ1v) is 9.69. The minimum Gasteiger partial charge on any atom is -0.376 e. The van der Waals surface area contributed by atoms with Crippen LogP contribution in [-0.4, -0.2) is 60.7 Å². The molecule has 2 rings (SSSR count). The second kappa shape index (κ2) is 8.03. The fraction of sp³-hybridized carbons (Fsp3) is 1.00. The lowest BCUT2D eigenvalue weighted by atomic mass is 9.89. The van der Waals surface area contributed by atoms with Crippen molar-refractivity contribution in [3.8, 4) is 0 Å². The lowest BCUT2D eigenvalue weighted by Crippen LogP contribution is -2.56. The molecule has 1 atom stereocenters. The highest BCUT2D eigenvalue weighted by Gasteiger charge is 2.35. The Morgan fingerprint density at radius 3 is 2.12 bits per heavy atom. The number of hydrogen-bond acceptors (Lipinski definition) is 4. The zero-order valence-electron chi connectivity index (χ0n) is 16.9. The summed E-state index contributed by atoms with van der Waals surface area (Å²) in [5.74, 6) is 0.794. The van der Waals surface area contributed by atoms with Crippen molar-refractivity contribution >= 4 is 0 Å². The zero-order valence-corrected chi connectivity index (χ0v) is 16.9. The molecule has 0 radical (unpaired) electrons. The van der Waals surface area contributed by atoms with Crippen molar-refractivity contribution < 1.29 is 14.2 Å². The van der Waals surface area contributed by atoms with Gasteiger partial charge in [0.1, 0.15) is 0 Å². The molecule has 2 fully saturated rings. The van der Waals surface area contributed by atoms with E-state index < -0.39 is 0 Å². The maximum absolute atomic E-state index is 5.93. The number of likely N-dealkylation sites (tertiary alicyclic amines) is 1. The van der Waals surface area contributed by atoms with Crippen LogP contribution in [0, 0.1) is 5.92 Å². The van der Waals surface area contributed by atoms with Gasteiger partial charge in [-0.05, 0) is 73.6 Å². The zero-order chi connectivity index (χ0) is 18.0. The standard InChI is InChI=1S/C20H39NO3/c1-15(10-16-13-21(14-16)19(2,3)4)22-8-9-23-17-11-18(12-17)24-20(5,6)7/h15-18H,8-14H2,1-7H3. The first kappa shape index (κ1) is 20.2. The van der Waals surface area contributed by atoms with Gasteiger partial charge in [0, 0.05) is 18.6 Å². The second-order valence-electron chi connectivity index (χ2n) is 9.68. The predicted molar refractivity (Wildman–Crippen MR) is 98.4 cm³/mol. The normalized spacial score (nSPS) is 27.6. The Morgan fingerprint density at radius 1 is 0.958 bits per heavy atom. The van der Waals surface area contributed by atoms with Gasteiger partial charge in [0.25, 0.3) is 0 Å². The summed E-state index contributed by atoms with van der Waals surface area (Å²) in [5.41, 5.74) is 0.268. The van der Waals surface area contributed by atoms with Crippen molar-refractivity contribution in [3.63, 3.8) is 0 Å². The van der Waals surface area contributed by atoms with Crippen LogP contribution < -0.4 is 0 Å². The molecule has 0 aromatic carbocycles. The van der Waals surface area contributed by atoms with Crippen LogP contribution in [0.2, 0.25) is 0 Å². The quantitative estimate of drug-likeness (QED) is 0.627. The second-order valence-corrected chi connectivity index (χ2v) is 9.68. The van der Waals surface area contributed by atoms with Crippen LogP contribution in [0.1, 0.15) is 67.7 Å². The Morgan fingerprint density at radius 2 is 1.58 bits per heavy atom. The van der Waals surface area contributed by atoms with Crippen LogP contribution in [0.15, 0.2) is 0 Å². The van der Waals surface area contributed by atoms with Crippen LogP contribution in [0.5, 0.6) is 0 Å². The molecular formula is C20H39NO3. The lowest BCUT2D eigenvalue weighted by Gasteiger charge is -2.48. The Bertz CT molecular complexity index is 373. The Balaban J connectivity index is 1.45. The molecule has 1 saturated carbocycles. The number of hydrogen-bond donors (Lipinski definition) is 0. The van der Waals surface area contributed by atoms with Gasteiger partial charge in [-0.2, -0.15) is 0 Å². The van der Waals surface area contributed by atoms with Crippen LogP contribution in [0.3, 0.4) is 0 Å². The van der Waals surface area contributed by atoms with Gasteiger partial charge >= 0.3 is 0 Å². The van der Waals surface area contributed by atoms with Crippen molar-refractivity contribution in [1.29, 1.82) is 0 Å². The largest absolute Gasteiger partial charge is 0.376 e. The average Bonchev–Trinajstić information content (AvgIpc) is 2.31. The van der Waals surface area contributed by atoms with Crippen molar-refractivity contribution in [2.45, 2.75) is 97.2 Å². The van der Waals surface area contributed by atoms with Crippen molar-refractivity contribution in [2.75, 3.05) is 26.3 Å². The van der Waals surface area contributed by atoms with E-state index >= 15 is 0 Å². The van der Waals surface area contributed by atoms with Gasteiger partial charge in [-0.25, -0.2) is 0 Å². The van der Waals surface area contributed by atoms with E-state index in [-0.39, 0.29) is 5.60 Å². The minimum atomic E-state index is -0.0434. The summed E-state index contributed by atoms with van der Waals surface area (Å²) in [4.78, 5) is 2.54. The number of ether oxygens (including phenoxy) is 3. The molecule has 24 heavy (non-hydrogen) atoms. The molecule has 0 aromatic heterocycles. The molecule has 0 N–H and O–H groups in total. The summed E-state index contributed by atoms with van der Waals surface area (Å²) in [6.45, 7) is 19.2. The monoisotopic (exact) mass is 341 g/mol. The molecule has 0 aromatic rings. The third-order valence-corrected chi connectivity index (χ3v) is 4.98. The smallest absolute Gasteiger partial charge is 0.0704 e. The van der Waals surface area contributed by atoms with E-state index in [1.165, 1.54) is 13.1 Å². The molecule has 1 aliphatic carbocycles. The summed E-state index contributed by atoms with van der Waals surface area (Å²) in [7, 11) is 0. The third-order valence-electron chi connectivity index (χ3n) is 4.98. The summed E-state index contributed by atoms with van der Waals surface area (Å²) >= 11 is 0. The van der Waals surface area contributed by atoms with Gasteiger partial charge in [-0.1, -0.05) is 0 Å². The van der Waals surface area contributed by atoms with E-state index in [1.54, 1.807) is 0 Å². The molecule has 2 aliphatic rings. The molecule has 0 bridgehead atoms. The summed E-state index contributed by atoms with van der Waals surface area (Å²) in [6.07, 6.45) is 4.29. The number of nitrogens with zero attached hydrogens (tertiary/aromatic N) is 1. The molecule has 0 spiro atoms. The molecule has 1 saturated heterocycles. The first-order valence-electron chi connectivity index (χ1n) is 9.69. The highest BCUT2D eigenvalue weighted by Crippen LogP contribution is 2.30. The molecule has 142 valence electrons. The van der Waals surface area contributed by atoms with Gasteiger partial charge in [-0.15, -0.1) is 0 Å². The van der Waals surface area contributed by atoms with E-state index in [9.17, 15) is 0 Å². The van der Waals surface area contributed by atoms with Gasteiger partial charge in [0.05, 0.1) is 37.1 Å². The summed E-state index contributed by atoms with van der Waals surface area (Å²) < 4.78 is 17.7. The van der Waals surface area contributed by atoms with Crippen molar-refractivity contribution in [1.82, 2.24) is 4.90 Å². The van der Waals surface area contributed by atoms with E-state index in [2.05, 4.69) is 53.4 Å². The fourth-order valence-electron chi connectivity index (χ4n) is 3.52. The Kier molecular flexibility index (Phi) is 6.74. The topological polar surface area (TPSA) is 30.9 Å². The van der Waals surface area contributed by atoms with Crippen LogP contribution >= 0.6 is 0 Å². The SMILES string of the molecule is CC(CC1CN(C(C)(C)C)C1)OCCOC1CC(OC(C)(C)C)C1. The maximum atomic E-state index is 5.93. The molecule has 1 aliphatic heterocycles. The summed E-state index contributed by atoms with van der Waals surface area (Å²) in [6, 6.07) is 0. The third kappa shape index (κ3) is 6.62. The predicted octanol–water partition coefficient (Wildman–Crippen LogP) is 3.87. The first-order chi connectivity index (χ1) is 11.0. The fourth-order valence-corrected chi connectivity index (χ4v) is 3.52. The Hall–Kier alpha value is -0.160. The average molecular weight is 342 g/mol. The molecule has 4 nitrogen and oxygen atoms in total. The van der Waals surface area contributed by atoms with E-state index in [1.807, 2.05) is 0 Å². The lowest BCUT2D eigenvalue weighted by molar-refractivity contribution is -0.154. The maximum Gasteiger partial charge on any atom is 0.0704 e. The van der Waals surface area contributed by atoms with Crippen LogP contribution in [0.4, 0.5) is 0 Å². The van der Waals surface area contributed by atoms with Crippen molar-refractivity contribution in [2.24, 2.45) is 5.92 Å². The number of rotatable bonds is 8. The molecule has 1 heterocycles. The van der Waals surface area contributed by atoms with E-state index in [0.717, 1.165) is 25.2 Å². The van der Waals surface area contributed by atoms with E-state index in [0.29, 0.717) is 37.1 Å². The van der Waals surface area contributed by atoms with Gasteiger partial charge < -0.3 is 14.2 Å². The van der Waals surface area contributed by atoms with Crippen LogP contribution in [-0.2, 0) is 14.2 Å². The Labute approximate surface area is 149 Å². The molecular weight excluding hydrogens is 302 g/mol. The molecule has 1 unspecified atom stereocenters. The highest BCUT2D eigenvalue weighted by molar-refractivity contribution is 4.89. The minimum absolute atomic E-state index is 0.0434. The van der Waals surface area contributed by atoms with Gasteiger partial charge in [-0.3, -0.25) is 4.90 Å². The van der Waals surface area contributed by atoms with E-state index in [4.69, 9.17) is 14.2 Å².